The van der Waals surface area contributed by atoms with E-state index in [0.29, 0.717) is 0 Å². The number of aromatic nitrogens is 1. The Morgan fingerprint density at radius 1 is 1.26 bits per heavy atom. The van der Waals surface area contributed by atoms with Gasteiger partial charge in [-0.05, 0) is 49.7 Å². The molecular weight excluding hydrogens is 383 g/mol. The minimum absolute atomic E-state index is 0.114. The number of halogens is 1. The zero-order valence-corrected chi connectivity index (χ0v) is 16.6. The molecule has 0 aliphatic rings. The summed E-state index contributed by atoms with van der Waals surface area (Å²) in [6, 6.07) is 12.0. The van der Waals surface area contributed by atoms with Gasteiger partial charge in [0.2, 0.25) is 5.91 Å². The molecule has 7 heteroatoms. The number of carbonyl (C=O) groups is 1. The number of nitrogens with one attached hydrogen (secondary N) is 1. The summed E-state index contributed by atoms with van der Waals surface area (Å²) in [5.41, 5.74) is 2.74. The van der Waals surface area contributed by atoms with E-state index >= 15 is 0 Å². The Morgan fingerprint density at radius 2 is 2.07 bits per heavy atom. The molecule has 0 bridgehead atoms. The molecule has 3 aromatic rings. The van der Waals surface area contributed by atoms with Crippen LogP contribution < -0.4 is 10.1 Å². The van der Waals surface area contributed by atoms with Crippen LogP contribution >= 0.6 is 23.1 Å². The van der Waals surface area contributed by atoms with E-state index in [1.807, 2.05) is 37.4 Å². The average Bonchev–Trinajstić information content (AvgIpc) is 3.04. The van der Waals surface area contributed by atoms with Crippen LogP contribution in [0.25, 0.3) is 0 Å². The first-order valence-electron chi connectivity index (χ1n) is 8.39. The fraction of sp³-hybridized carbons (Fsp3) is 0.200. The maximum absolute atomic E-state index is 13.5. The number of aryl methyl sites for hydroxylation is 2. The molecular formula is C20H19FN2O2S2. The summed E-state index contributed by atoms with van der Waals surface area (Å²) in [6.45, 7) is 4.03. The third kappa shape index (κ3) is 5.55. The second kappa shape index (κ2) is 9.01. The highest BCUT2D eigenvalue weighted by atomic mass is 32.2. The number of hydrogen-bond acceptors (Lipinski definition) is 5. The van der Waals surface area contributed by atoms with Crippen molar-refractivity contribution in [3.8, 4) is 5.75 Å². The molecule has 27 heavy (non-hydrogen) atoms. The van der Waals surface area contributed by atoms with E-state index in [0.717, 1.165) is 26.2 Å². The van der Waals surface area contributed by atoms with Crippen LogP contribution in [-0.4, -0.2) is 17.5 Å². The molecule has 4 nitrogen and oxygen atoms in total. The van der Waals surface area contributed by atoms with Crippen molar-refractivity contribution < 1.29 is 13.9 Å². The number of para-hydroxylation sites is 1. The van der Waals surface area contributed by atoms with Crippen molar-refractivity contribution in [3.05, 3.63) is 64.9 Å². The average molecular weight is 403 g/mol. The van der Waals surface area contributed by atoms with Gasteiger partial charge >= 0.3 is 0 Å². The normalized spacial score (nSPS) is 10.6. The molecule has 1 amide bonds. The summed E-state index contributed by atoms with van der Waals surface area (Å²) in [7, 11) is 0. The first-order valence-corrected chi connectivity index (χ1v) is 10.1. The topological polar surface area (TPSA) is 51.2 Å². The number of thiazole rings is 1. The minimum atomic E-state index is -0.433. The molecule has 1 heterocycles. The highest BCUT2D eigenvalue weighted by Gasteiger charge is 2.09. The predicted molar refractivity (Wildman–Crippen MR) is 107 cm³/mol. The number of carbonyl (C=O) groups excluding carboxylic acids is 1. The molecule has 2 aromatic carbocycles. The number of rotatable bonds is 7. The van der Waals surface area contributed by atoms with Crippen LogP contribution in [0.1, 0.15) is 17.7 Å². The first-order chi connectivity index (χ1) is 13.0. The van der Waals surface area contributed by atoms with Crippen LogP contribution in [-0.2, 0) is 4.79 Å². The molecule has 140 valence electrons. The van der Waals surface area contributed by atoms with Crippen molar-refractivity contribution in [1.82, 2.24) is 4.98 Å². The molecule has 0 unspecified atom stereocenters. The van der Waals surface area contributed by atoms with E-state index in [2.05, 4.69) is 10.3 Å². The fourth-order valence-electron chi connectivity index (χ4n) is 2.35. The van der Waals surface area contributed by atoms with E-state index < -0.39 is 5.82 Å². The van der Waals surface area contributed by atoms with Gasteiger partial charge in [0.15, 0.2) is 15.9 Å². The smallest absolute Gasteiger partial charge is 0.227 e. The van der Waals surface area contributed by atoms with Crippen LogP contribution in [0.3, 0.4) is 0 Å². The Balaban J connectivity index is 1.52. The van der Waals surface area contributed by atoms with Gasteiger partial charge in [-0.2, -0.15) is 0 Å². The fourth-order valence-corrected chi connectivity index (χ4v) is 4.26. The van der Waals surface area contributed by atoms with Crippen molar-refractivity contribution in [3.63, 3.8) is 0 Å². The maximum atomic E-state index is 13.5. The quantitative estimate of drug-likeness (QED) is 0.570. The molecule has 1 N–H and O–H groups in total. The van der Waals surface area contributed by atoms with E-state index in [1.165, 1.54) is 12.1 Å². The number of nitrogens with zero attached hydrogens (tertiary/aromatic N) is 1. The monoisotopic (exact) mass is 402 g/mol. The summed E-state index contributed by atoms with van der Waals surface area (Å²) < 4.78 is 19.8. The third-order valence-corrected chi connectivity index (χ3v) is 5.74. The van der Waals surface area contributed by atoms with Gasteiger partial charge < -0.3 is 10.1 Å². The molecule has 0 aliphatic carbocycles. The van der Waals surface area contributed by atoms with Crippen LogP contribution in [0.4, 0.5) is 10.1 Å². The zero-order chi connectivity index (χ0) is 19.2. The van der Waals surface area contributed by atoms with Gasteiger partial charge in [-0.1, -0.05) is 23.9 Å². The summed E-state index contributed by atoms with van der Waals surface area (Å²) in [5.74, 6) is -0.456. The number of hydrogen-bond donors (Lipinski definition) is 1. The molecule has 0 fully saturated rings. The lowest BCUT2D eigenvalue weighted by molar-refractivity contribution is -0.116. The molecule has 0 radical (unpaired) electrons. The van der Waals surface area contributed by atoms with Gasteiger partial charge in [-0.3, -0.25) is 4.79 Å². The van der Waals surface area contributed by atoms with E-state index in [1.54, 1.807) is 35.2 Å². The Kier molecular flexibility index (Phi) is 6.47. The molecule has 0 saturated carbocycles. The van der Waals surface area contributed by atoms with Crippen LogP contribution in [0, 0.1) is 19.7 Å². The van der Waals surface area contributed by atoms with Gasteiger partial charge in [0.25, 0.3) is 0 Å². The third-order valence-electron chi connectivity index (χ3n) is 3.70. The van der Waals surface area contributed by atoms with Gasteiger partial charge in [0, 0.05) is 21.7 Å². The largest absolute Gasteiger partial charge is 0.490 e. The second-order valence-corrected chi connectivity index (χ2v) is 8.09. The van der Waals surface area contributed by atoms with Crippen molar-refractivity contribution in [2.75, 3.05) is 11.9 Å². The minimum Gasteiger partial charge on any atom is -0.490 e. The highest BCUT2D eigenvalue weighted by Crippen LogP contribution is 2.32. The second-order valence-electron chi connectivity index (χ2n) is 5.91. The van der Waals surface area contributed by atoms with Crippen molar-refractivity contribution in [2.45, 2.75) is 29.5 Å². The Bertz CT molecular complexity index is 943. The number of amides is 1. The standard InChI is InChI=1S/C20H19FN2O2S2/c1-13-11-15(27-20-22-14(2)12-26-20)7-8-17(13)23-19(24)9-10-25-18-6-4-3-5-16(18)21/h3-8,11-12H,9-10H2,1-2H3,(H,23,24). The summed E-state index contributed by atoms with van der Waals surface area (Å²) in [6.07, 6.45) is 0.142. The summed E-state index contributed by atoms with van der Waals surface area (Å²) in [4.78, 5) is 17.6. The van der Waals surface area contributed by atoms with Gasteiger partial charge in [0.05, 0.1) is 13.0 Å². The highest BCUT2D eigenvalue weighted by molar-refractivity contribution is 8.01. The van der Waals surface area contributed by atoms with Crippen LogP contribution in [0.5, 0.6) is 5.75 Å². The van der Waals surface area contributed by atoms with Crippen molar-refractivity contribution in [1.29, 1.82) is 0 Å². The van der Waals surface area contributed by atoms with Crippen molar-refractivity contribution in [2.24, 2.45) is 0 Å². The molecule has 0 aliphatic heterocycles. The van der Waals surface area contributed by atoms with E-state index in [4.69, 9.17) is 4.74 Å². The Labute approximate surface area is 165 Å². The Morgan fingerprint density at radius 3 is 2.78 bits per heavy atom. The Hall–Kier alpha value is -2.38. The van der Waals surface area contributed by atoms with E-state index in [-0.39, 0.29) is 24.7 Å². The number of anilines is 1. The molecule has 1 aromatic heterocycles. The molecule has 0 saturated heterocycles. The lowest BCUT2D eigenvalue weighted by Crippen LogP contribution is -2.16. The summed E-state index contributed by atoms with van der Waals surface area (Å²) >= 11 is 3.22. The van der Waals surface area contributed by atoms with Crippen LogP contribution in [0.15, 0.2) is 57.1 Å². The number of ether oxygens (including phenoxy) is 1. The van der Waals surface area contributed by atoms with Gasteiger partial charge in [-0.25, -0.2) is 9.37 Å². The molecule has 0 atom stereocenters. The molecule has 3 rings (SSSR count). The molecule has 0 spiro atoms. The lowest BCUT2D eigenvalue weighted by Gasteiger charge is -2.11. The van der Waals surface area contributed by atoms with Gasteiger partial charge in [0.1, 0.15) is 0 Å². The maximum Gasteiger partial charge on any atom is 0.227 e. The summed E-state index contributed by atoms with van der Waals surface area (Å²) in [5, 5.41) is 4.89. The lowest BCUT2D eigenvalue weighted by atomic mass is 10.2. The number of benzene rings is 2. The van der Waals surface area contributed by atoms with E-state index in [9.17, 15) is 9.18 Å². The van der Waals surface area contributed by atoms with Crippen LogP contribution in [0.2, 0.25) is 0 Å². The zero-order valence-electron chi connectivity index (χ0n) is 15.0. The SMILES string of the molecule is Cc1csc(Sc2ccc(NC(=O)CCOc3ccccc3F)c(C)c2)n1. The van der Waals surface area contributed by atoms with Gasteiger partial charge in [-0.15, -0.1) is 11.3 Å². The first kappa shape index (κ1) is 19.4. The van der Waals surface area contributed by atoms with Crippen molar-refractivity contribution >= 4 is 34.7 Å². The predicted octanol–water partition coefficient (Wildman–Crippen LogP) is 5.46.